The van der Waals surface area contributed by atoms with Crippen LogP contribution in [0.4, 0.5) is 0 Å². The molecule has 1 atom stereocenters. The molecule has 0 aromatic heterocycles. The van der Waals surface area contributed by atoms with Crippen LogP contribution >= 0.6 is 0 Å². The number of carboxylic acid groups (broad SMARTS) is 1. The van der Waals surface area contributed by atoms with Crippen molar-refractivity contribution >= 4 is 16.7 Å². The van der Waals surface area contributed by atoms with E-state index < -0.39 is 18.7 Å². The minimum Gasteiger partial charge on any atom is -0.480 e. The van der Waals surface area contributed by atoms with Crippen LogP contribution in [0.5, 0.6) is 0 Å². The summed E-state index contributed by atoms with van der Waals surface area (Å²) in [6.45, 7) is 1.49. The summed E-state index contributed by atoms with van der Waals surface area (Å²) in [5, 5.41) is 20.7. The van der Waals surface area contributed by atoms with E-state index in [1.165, 1.54) is 0 Å². The van der Waals surface area contributed by atoms with Crippen LogP contribution in [-0.4, -0.2) is 29.4 Å². The van der Waals surface area contributed by atoms with Gasteiger partial charge >= 0.3 is 5.97 Å². The van der Waals surface area contributed by atoms with Crippen molar-refractivity contribution in [2.24, 2.45) is 0 Å². The second kappa shape index (κ2) is 5.82. The Labute approximate surface area is 111 Å². The van der Waals surface area contributed by atoms with Gasteiger partial charge in [0.05, 0.1) is 6.61 Å². The van der Waals surface area contributed by atoms with Gasteiger partial charge in [-0.05, 0) is 28.8 Å². The van der Waals surface area contributed by atoms with Crippen LogP contribution in [0.1, 0.15) is 17.2 Å². The quantitative estimate of drug-likeness (QED) is 0.865. The standard InChI is InChI=1S/C15H16O4/c1-10-6-7-11-4-2-3-5-12(11)15(10)13(16)8-19-9-14(17)18/h2-7,13,16H,8-9H2,1H3,(H,17,18). The molecule has 2 aromatic carbocycles. The van der Waals surface area contributed by atoms with Gasteiger partial charge in [-0.25, -0.2) is 4.79 Å². The summed E-state index contributed by atoms with van der Waals surface area (Å²) < 4.78 is 4.97. The summed E-state index contributed by atoms with van der Waals surface area (Å²) in [7, 11) is 0. The van der Waals surface area contributed by atoms with Gasteiger partial charge in [0.2, 0.25) is 0 Å². The SMILES string of the molecule is Cc1ccc2ccccc2c1C(O)COCC(=O)O. The molecule has 1 unspecified atom stereocenters. The number of ether oxygens (including phenoxy) is 1. The zero-order valence-corrected chi connectivity index (χ0v) is 10.7. The largest absolute Gasteiger partial charge is 0.480 e. The van der Waals surface area contributed by atoms with Crippen molar-refractivity contribution in [2.75, 3.05) is 13.2 Å². The number of carbonyl (C=O) groups is 1. The fourth-order valence-electron chi connectivity index (χ4n) is 2.19. The Bertz CT molecular complexity index is 592. The van der Waals surface area contributed by atoms with Gasteiger partial charge in [-0.1, -0.05) is 36.4 Å². The summed E-state index contributed by atoms with van der Waals surface area (Å²) in [6, 6.07) is 11.7. The van der Waals surface area contributed by atoms with Crippen LogP contribution in [0.2, 0.25) is 0 Å². The molecule has 0 radical (unpaired) electrons. The Balaban J connectivity index is 2.27. The van der Waals surface area contributed by atoms with Crippen molar-refractivity contribution < 1.29 is 19.7 Å². The molecule has 0 spiro atoms. The highest BCUT2D eigenvalue weighted by atomic mass is 16.5. The van der Waals surface area contributed by atoms with Crippen molar-refractivity contribution in [1.82, 2.24) is 0 Å². The molecule has 2 rings (SSSR count). The van der Waals surface area contributed by atoms with Gasteiger partial charge in [-0.3, -0.25) is 0 Å². The Morgan fingerprint density at radius 1 is 1.26 bits per heavy atom. The van der Waals surface area contributed by atoms with E-state index in [-0.39, 0.29) is 6.61 Å². The molecule has 100 valence electrons. The maximum atomic E-state index is 10.4. The van der Waals surface area contributed by atoms with E-state index in [0.29, 0.717) is 0 Å². The maximum Gasteiger partial charge on any atom is 0.329 e. The van der Waals surface area contributed by atoms with Gasteiger partial charge in [0.1, 0.15) is 12.7 Å². The molecular weight excluding hydrogens is 244 g/mol. The molecule has 2 aromatic rings. The van der Waals surface area contributed by atoms with Gasteiger partial charge in [-0.2, -0.15) is 0 Å². The maximum absolute atomic E-state index is 10.4. The number of rotatable bonds is 5. The molecular formula is C15H16O4. The number of aliphatic hydroxyl groups excluding tert-OH is 1. The van der Waals surface area contributed by atoms with E-state index in [2.05, 4.69) is 0 Å². The molecule has 0 aliphatic carbocycles. The summed E-state index contributed by atoms with van der Waals surface area (Å²) in [5.74, 6) is -1.04. The highest BCUT2D eigenvalue weighted by Gasteiger charge is 2.14. The van der Waals surface area contributed by atoms with Crippen LogP contribution in [-0.2, 0) is 9.53 Å². The van der Waals surface area contributed by atoms with Crippen molar-refractivity contribution in [3.05, 3.63) is 47.5 Å². The van der Waals surface area contributed by atoms with E-state index in [4.69, 9.17) is 9.84 Å². The first kappa shape index (κ1) is 13.5. The molecule has 0 saturated carbocycles. The number of hydrogen-bond donors (Lipinski definition) is 2. The molecule has 4 heteroatoms. The number of aliphatic hydroxyl groups is 1. The monoisotopic (exact) mass is 260 g/mol. The normalized spacial score (nSPS) is 12.5. The van der Waals surface area contributed by atoms with Gasteiger partial charge in [0.25, 0.3) is 0 Å². The van der Waals surface area contributed by atoms with Gasteiger partial charge in [-0.15, -0.1) is 0 Å². The number of hydrogen-bond acceptors (Lipinski definition) is 3. The molecule has 4 nitrogen and oxygen atoms in total. The minimum absolute atomic E-state index is 0.0266. The zero-order chi connectivity index (χ0) is 13.8. The third-order valence-corrected chi connectivity index (χ3v) is 3.02. The average Bonchev–Trinajstić information content (AvgIpc) is 2.38. The second-order valence-corrected chi connectivity index (χ2v) is 4.44. The van der Waals surface area contributed by atoms with Crippen molar-refractivity contribution in [3.8, 4) is 0 Å². The number of aryl methyl sites for hydroxylation is 1. The van der Waals surface area contributed by atoms with E-state index in [0.717, 1.165) is 21.9 Å². The predicted octanol–water partition coefficient (Wildman–Crippen LogP) is 2.28. The second-order valence-electron chi connectivity index (χ2n) is 4.44. The molecule has 0 aliphatic heterocycles. The minimum atomic E-state index is -1.04. The molecule has 0 aliphatic rings. The predicted molar refractivity (Wildman–Crippen MR) is 72.1 cm³/mol. The lowest BCUT2D eigenvalue weighted by atomic mass is 9.96. The Kier molecular flexibility index (Phi) is 4.14. The molecule has 19 heavy (non-hydrogen) atoms. The van der Waals surface area contributed by atoms with E-state index in [1.807, 2.05) is 43.3 Å². The van der Waals surface area contributed by atoms with Crippen molar-refractivity contribution in [1.29, 1.82) is 0 Å². The smallest absolute Gasteiger partial charge is 0.329 e. The average molecular weight is 260 g/mol. The lowest BCUT2D eigenvalue weighted by molar-refractivity contribution is -0.143. The zero-order valence-electron chi connectivity index (χ0n) is 10.7. The van der Waals surface area contributed by atoms with Gasteiger partial charge in [0.15, 0.2) is 0 Å². The summed E-state index contributed by atoms with van der Waals surface area (Å²) in [5.41, 5.74) is 1.76. The van der Waals surface area contributed by atoms with Crippen LogP contribution in [0.25, 0.3) is 10.8 Å². The topological polar surface area (TPSA) is 66.8 Å². The molecule has 2 N–H and O–H groups in total. The van der Waals surface area contributed by atoms with E-state index >= 15 is 0 Å². The van der Waals surface area contributed by atoms with Gasteiger partial charge in [0, 0.05) is 0 Å². The summed E-state index contributed by atoms with van der Waals surface area (Å²) in [6.07, 6.45) is -0.828. The molecule has 0 fully saturated rings. The Morgan fingerprint density at radius 2 is 2.00 bits per heavy atom. The number of carboxylic acids is 1. The van der Waals surface area contributed by atoms with E-state index in [1.54, 1.807) is 0 Å². The fraction of sp³-hybridized carbons (Fsp3) is 0.267. The van der Waals surface area contributed by atoms with Crippen LogP contribution in [0, 0.1) is 6.92 Å². The number of benzene rings is 2. The van der Waals surface area contributed by atoms with Gasteiger partial charge < -0.3 is 14.9 Å². The molecule has 0 heterocycles. The van der Waals surface area contributed by atoms with Crippen molar-refractivity contribution in [3.63, 3.8) is 0 Å². The van der Waals surface area contributed by atoms with Crippen LogP contribution < -0.4 is 0 Å². The summed E-state index contributed by atoms with van der Waals surface area (Å²) in [4.78, 5) is 10.4. The van der Waals surface area contributed by atoms with Crippen LogP contribution in [0.15, 0.2) is 36.4 Å². The molecule has 0 amide bonds. The highest BCUT2D eigenvalue weighted by molar-refractivity contribution is 5.87. The number of fused-ring (bicyclic) bond motifs is 1. The molecule has 0 bridgehead atoms. The molecule has 0 saturated heterocycles. The highest BCUT2D eigenvalue weighted by Crippen LogP contribution is 2.27. The third kappa shape index (κ3) is 3.10. The van der Waals surface area contributed by atoms with Crippen molar-refractivity contribution in [2.45, 2.75) is 13.0 Å². The Hall–Kier alpha value is -1.91. The first-order chi connectivity index (χ1) is 9.09. The third-order valence-electron chi connectivity index (χ3n) is 3.02. The lowest BCUT2D eigenvalue weighted by Gasteiger charge is -2.16. The van der Waals surface area contributed by atoms with E-state index in [9.17, 15) is 9.90 Å². The first-order valence-electron chi connectivity index (χ1n) is 6.05. The summed E-state index contributed by atoms with van der Waals surface area (Å²) >= 11 is 0. The number of aliphatic carboxylic acids is 1. The Morgan fingerprint density at radius 3 is 2.74 bits per heavy atom. The first-order valence-corrected chi connectivity index (χ1v) is 6.05. The van der Waals surface area contributed by atoms with Crippen LogP contribution in [0.3, 0.4) is 0 Å². The fourth-order valence-corrected chi connectivity index (χ4v) is 2.19. The lowest BCUT2D eigenvalue weighted by Crippen LogP contribution is -2.14.